The Balaban J connectivity index is 0.00000324. The Bertz CT molecular complexity index is 1160. The number of rotatable bonds is 9. The van der Waals surface area contributed by atoms with Gasteiger partial charge in [-0.1, -0.05) is 18.2 Å². The largest absolute Gasteiger partial charge is 0.490 e. The van der Waals surface area contributed by atoms with Crippen molar-refractivity contribution < 1.29 is 14.9 Å². The van der Waals surface area contributed by atoms with Gasteiger partial charge in [-0.25, -0.2) is 4.98 Å². The molecular weight excluding hydrogens is 472 g/mol. The maximum atomic E-state index is 9.54. The van der Waals surface area contributed by atoms with Crippen LogP contribution >= 0.6 is 23.9 Å². The topological polar surface area (TPSA) is 102 Å². The fourth-order valence-corrected chi connectivity index (χ4v) is 5.13. The third kappa shape index (κ3) is 5.40. The van der Waals surface area contributed by atoms with Crippen molar-refractivity contribution in [2.75, 3.05) is 26.3 Å². The summed E-state index contributed by atoms with van der Waals surface area (Å²) in [5, 5.41) is 29.2. The first kappa shape index (κ1) is 26.1. The zero-order valence-electron chi connectivity index (χ0n) is 19.3. The van der Waals surface area contributed by atoms with E-state index in [1.165, 1.54) is 22.7 Å². The van der Waals surface area contributed by atoms with Gasteiger partial charge in [0.05, 0.1) is 24.9 Å². The normalized spacial score (nSPS) is 14.7. The van der Waals surface area contributed by atoms with Crippen LogP contribution in [0.3, 0.4) is 0 Å². The number of nitriles is 1. The molecule has 4 rings (SSSR count). The number of ether oxygens (including phenoxy) is 1. The number of hydrogen-bond acceptors (Lipinski definition) is 8. The summed E-state index contributed by atoms with van der Waals surface area (Å²) in [6.07, 6.45) is 1.83. The van der Waals surface area contributed by atoms with Gasteiger partial charge in [0.2, 0.25) is 0 Å². The molecule has 7 nitrogen and oxygen atoms in total. The average Bonchev–Trinajstić information content (AvgIpc) is 3.46. The number of aliphatic hydroxyl groups excluding tert-OH is 2. The van der Waals surface area contributed by atoms with Gasteiger partial charge >= 0.3 is 0 Å². The summed E-state index contributed by atoms with van der Waals surface area (Å²) in [7, 11) is 0. The fraction of sp³-hybridized carbons (Fsp3) is 0.400. The Hall–Kier alpha value is -2.54. The van der Waals surface area contributed by atoms with E-state index in [9.17, 15) is 15.5 Å². The molecule has 180 valence electrons. The van der Waals surface area contributed by atoms with Gasteiger partial charge in [-0.15, -0.1) is 12.4 Å². The van der Waals surface area contributed by atoms with Crippen molar-refractivity contribution in [2.45, 2.75) is 38.8 Å². The van der Waals surface area contributed by atoms with Gasteiger partial charge in [0, 0.05) is 30.3 Å². The monoisotopic (exact) mass is 500 g/mol. The van der Waals surface area contributed by atoms with Gasteiger partial charge in [-0.2, -0.15) is 9.64 Å². The van der Waals surface area contributed by atoms with Crippen LogP contribution < -0.4 is 4.74 Å². The predicted octanol–water partition coefficient (Wildman–Crippen LogP) is 4.23. The van der Waals surface area contributed by atoms with E-state index in [2.05, 4.69) is 27.5 Å². The van der Waals surface area contributed by atoms with Crippen LogP contribution in [-0.2, 0) is 6.42 Å². The Morgan fingerprint density at radius 1 is 1.21 bits per heavy atom. The van der Waals surface area contributed by atoms with Crippen LogP contribution in [0.1, 0.15) is 43.0 Å². The van der Waals surface area contributed by atoms with E-state index in [1.807, 2.05) is 32.0 Å². The highest BCUT2D eigenvalue weighted by atomic mass is 35.5. The fourth-order valence-electron chi connectivity index (χ4n) is 4.46. The molecule has 0 unspecified atom stereocenters. The number of hydrogen-bond donors (Lipinski definition) is 2. The van der Waals surface area contributed by atoms with E-state index < -0.39 is 0 Å². The molecular formula is C25H29ClN4O3S. The van der Waals surface area contributed by atoms with Crippen LogP contribution in [0.5, 0.6) is 5.75 Å². The summed E-state index contributed by atoms with van der Waals surface area (Å²) in [4.78, 5) is 6.94. The molecule has 1 aromatic heterocycles. The Morgan fingerprint density at radius 3 is 2.65 bits per heavy atom. The molecule has 2 N–H and O–H groups in total. The van der Waals surface area contributed by atoms with E-state index in [0.29, 0.717) is 30.2 Å². The SMILES string of the molecule is CC(C)Oc1ccc(-c2nc(-c3cccc4c3CC[C@@H]4N(CCO)CCO)ns2)cc1C#N.Cl. The zero-order chi connectivity index (χ0) is 23.4. The highest BCUT2D eigenvalue weighted by Gasteiger charge is 2.30. The van der Waals surface area contributed by atoms with Crippen molar-refractivity contribution in [1.82, 2.24) is 14.3 Å². The van der Waals surface area contributed by atoms with Crippen molar-refractivity contribution in [2.24, 2.45) is 0 Å². The predicted molar refractivity (Wildman–Crippen MR) is 135 cm³/mol. The number of aliphatic hydroxyl groups is 2. The number of fused-ring (bicyclic) bond motifs is 1. The van der Waals surface area contributed by atoms with Crippen LogP contribution in [0.4, 0.5) is 0 Å². The van der Waals surface area contributed by atoms with Gasteiger partial charge in [0.1, 0.15) is 16.8 Å². The molecule has 0 radical (unpaired) electrons. The second-order valence-electron chi connectivity index (χ2n) is 8.32. The second-order valence-corrected chi connectivity index (χ2v) is 9.08. The molecule has 0 saturated heterocycles. The minimum atomic E-state index is -0.00855. The number of nitrogens with zero attached hydrogens (tertiary/aromatic N) is 4. The Morgan fingerprint density at radius 2 is 1.97 bits per heavy atom. The van der Waals surface area contributed by atoms with Crippen LogP contribution in [0.2, 0.25) is 0 Å². The van der Waals surface area contributed by atoms with Crippen LogP contribution in [-0.4, -0.2) is 56.9 Å². The van der Waals surface area contributed by atoms with Gasteiger partial charge in [-0.3, -0.25) is 4.90 Å². The van der Waals surface area contributed by atoms with E-state index in [-0.39, 0.29) is 37.8 Å². The van der Waals surface area contributed by atoms with E-state index in [4.69, 9.17) is 9.72 Å². The molecule has 0 bridgehead atoms. The lowest BCUT2D eigenvalue weighted by molar-refractivity contribution is 0.121. The lowest BCUT2D eigenvalue weighted by atomic mass is 10.0. The molecule has 1 atom stereocenters. The molecule has 0 saturated carbocycles. The molecule has 1 heterocycles. The maximum Gasteiger partial charge on any atom is 0.173 e. The van der Waals surface area contributed by atoms with Crippen molar-refractivity contribution in [3.05, 3.63) is 53.1 Å². The first-order chi connectivity index (χ1) is 16.0. The molecule has 9 heteroatoms. The van der Waals surface area contributed by atoms with E-state index in [0.717, 1.165) is 29.0 Å². The van der Waals surface area contributed by atoms with Crippen LogP contribution in [0, 0.1) is 11.3 Å². The molecule has 1 aliphatic rings. The summed E-state index contributed by atoms with van der Waals surface area (Å²) >= 11 is 1.32. The number of benzene rings is 2. The van der Waals surface area contributed by atoms with E-state index >= 15 is 0 Å². The third-order valence-corrected chi connectivity index (χ3v) is 6.59. The van der Waals surface area contributed by atoms with Gasteiger partial charge in [0.15, 0.2) is 5.82 Å². The summed E-state index contributed by atoms with van der Waals surface area (Å²) < 4.78 is 10.4. The molecule has 0 spiro atoms. The molecule has 0 aliphatic heterocycles. The van der Waals surface area contributed by atoms with Crippen LogP contribution in [0.15, 0.2) is 36.4 Å². The number of halogens is 1. The third-order valence-electron chi connectivity index (χ3n) is 5.83. The summed E-state index contributed by atoms with van der Waals surface area (Å²) in [5.41, 5.74) is 4.78. The molecule has 34 heavy (non-hydrogen) atoms. The van der Waals surface area contributed by atoms with Gasteiger partial charge in [0.25, 0.3) is 0 Å². The Kier molecular flexibility index (Phi) is 9.00. The first-order valence-electron chi connectivity index (χ1n) is 11.2. The summed E-state index contributed by atoms with van der Waals surface area (Å²) in [6.45, 7) is 5.06. The molecule has 0 amide bonds. The summed E-state index contributed by atoms with van der Waals surface area (Å²) in [5.74, 6) is 1.26. The number of aromatic nitrogens is 2. The average molecular weight is 501 g/mol. The van der Waals surface area contributed by atoms with Crippen molar-refractivity contribution in [3.8, 4) is 33.8 Å². The molecule has 2 aromatic carbocycles. The maximum absolute atomic E-state index is 9.54. The molecule has 0 fully saturated rings. The molecule has 1 aliphatic carbocycles. The van der Waals surface area contributed by atoms with Gasteiger partial charge < -0.3 is 14.9 Å². The van der Waals surface area contributed by atoms with Crippen molar-refractivity contribution >= 4 is 23.9 Å². The standard InChI is InChI=1S/C25H28N4O3S.ClH/c1-16(2)32-23-9-6-17(14-18(23)15-26)25-27-24(28-33-25)21-5-3-4-20-19(21)7-8-22(20)29(10-12-30)11-13-31;/h3-6,9,14,16,22,30-31H,7-8,10-13H2,1-2H3;1H/t22-;/m0./s1. The first-order valence-corrected chi connectivity index (χ1v) is 12.0. The smallest absolute Gasteiger partial charge is 0.173 e. The molecule has 3 aromatic rings. The highest BCUT2D eigenvalue weighted by Crippen LogP contribution is 2.40. The van der Waals surface area contributed by atoms with Crippen molar-refractivity contribution in [3.63, 3.8) is 0 Å². The minimum absolute atomic E-state index is 0. The van der Waals surface area contributed by atoms with E-state index in [1.54, 1.807) is 6.07 Å². The highest BCUT2D eigenvalue weighted by molar-refractivity contribution is 7.09. The lowest BCUT2D eigenvalue weighted by Gasteiger charge is -2.28. The Labute approximate surface area is 210 Å². The second kappa shape index (κ2) is 11.7. The van der Waals surface area contributed by atoms with Gasteiger partial charge in [-0.05, 0) is 67.5 Å². The zero-order valence-corrected chi connectivity index (χ0v) is 20.9. The summed E-state index contributed by atoms with van der Waals surface area (Å²) in [6, 6.07) is 14.1. The minimum Gasteiger partial charge on any atom is -0.490 e. The quantitative estimate of drug-likeness (QED) is 0.453. The van der Waals surface area contributed by atoms with Crippen molar-refractivity contribution in [1.29, 1.82) is 5.26 Å². The van der Waals surface area contributed by atoms with Crippen LogP contribution in [0.25, 0.3) is 22.0 Å². The lowest BCUT2D eigenvalue weighted by Crippen LogP contribution is -2.32.